The summed E-state index contributed by atoms with van der Waals surface area (Å²) in [6.07, 6.45) is 2.77. The molecule has 1 saturated heterocycles. The molecular weight excluding hydrogens is 252 g/mol. The van der Waals surface area contributed by atoms with Crippen LogP contribution in [0.25, 0.3) is 0 Å². The average Bonchev–Trinajstić information content (AvgIpc) is 2.99. The maximum absolute atomic E-state index is 12.1. The number of ether oxygens (including phenoxy) is 1. The van der Waals surface area contributed by atoms with Crippen molar-refractivity contribution in [3.63, 3.8) is 0 Å². The van der Waals surface area contributed by atoms with Crippen LogP contribution >= 0.6 is 0 Å². The van der Waals surface area contributed by atoms with Crippen LogP contribution in [0.2, 0.25) is 0 Å². The van der Waals surface area contributed by atoms with Gasteiger partial charge in [-0.15, -0.1) is 0 Å². The lowest BCUT2D eigenvalue weighted by atomic mass is 9.85. The van der Waals surface area contributed by atoms with Crippen molar-refractivity contribution in [1.82, 2.24) is 20.1 Å². The fraction of sp³-hybridized carbons (Fsp3) is 0.636. The van der Waals surface area contributed by atoms with Crippen molar-refractivity contribution in [1.29, 1.82) is 0 Å². The van der Waals surface area contributed by atoms with Crippen LogP contribution in [0.4, 0.5) is 0 Å². The number of aliphatic carboxylic acids is 1. The van der Waals surface area contributed by atoms with Gasteiger partial charge in [-0.3, -0.25) is 9.59 Å². The highest BCUT2D eigenvalue weighted by atomic mass is 16.5. The second-order valence-corrected chi connectivity index (χ2v) is 4.85. The molecule has 0 spiro atoms. The third-order valence-electron chi connectivity index (χ3n) is 3.47. The molecule has 0 saturated carbocycles. The average molecular weight is 268 g/mol. The Labute approximate surface area is 109 Å². The Hall–Kier alpha value is -1.96. The predicted molar refractivity (Wildman–Crippen MR) is 63.2 cm³/mol. The summed E-state index contributed by atoms with van der Waals surface area (Å²) in [5.74, 6) is -1.29. The number of aromatic nitrogens is 3. The highest BCUT2D eigenvalue weighted by Crippen LogP contribution is 2.29. The summed E-state index contributed by atoms with van der Waals surface area (Å²) in [7, 11) is 0. The van der Waals surface area contributed by atoms with E-state index in [2.05, 4.69) is 15.4 Å². The fourth-order valence-corrected chi connectivity index (χ4v) is 1.91. The Morgan fingerprint density at radius 3 is 2.95 bits per heavy atom. The Bertz CT molecular complexity index is 475. The van der Waals surface area contributed by atoms with Crippen molar-refractivity contribution in [2.75, 3.05) is 13.2 Å². The van der Waals surface area contributed by atoms with Gasteiger partial charge in [0.2, 0.25) is 5.91 Å². The number of hydrogen-bond acceptors (Lipinski definition) is 5. The number of nitrogens with zero attached hydrogens (tertiary/aromatic N) is 3. The van der Waals surface area contributed by atoms with E-state index in [-0.39, 0.29) is 19.1 Å². The molecule has 1 aliphatic heterocycles. The van der Waals surface area contributed by atoms with Crippen LogP contribution in [0.1, 0.15) is 19.9 Å². The first-order valence-electron chi connectivity index (χ1n) is 5.91. The summed E-state index contributed by atoms with van der Waals surface area (Å²) in [5, 5.41) is 15.8. The lowest BCUT2D eigenvalue weighted by Gasteiger charge is -2.26. The van der Waals surface area contributed by atoms with Gasteiger partial charge < -0.3 is 15.2 Å². The van der Waals surface area contributed by atoms with Crippen LogP contribution in [0, 0.1) is 5.41 Å². The van der Waals surface area contributed by atoms with Crippen molar-refractivity contribution >= 4 is 11.9 Å². The van der Waals surface area contributed by atoms with Gasteiger partial charge in [-0.05, 0) is 13.8 Å². The van der Waals surface area contributed by atoms with E-state index in [1.54, 1.807) is 13.8 Å². The van der Waals surface area contributed by atoms with E-state index in [1.807, 2.05) is 0 Å². The van der Waals surface area contributed by atoms with Gasteiger partial charge in [0.1, 0.15) is 24.1 Å². The normalized spacial score (nSPS) is 28.0. The van der Waals surface area contributed by atoms with Crippen molar-refractivity contribution < 1.29 is 19.4 Å². The standard InChI is InChI=1S/C11H16N4O4/c1-7(15-6-12-5-13-15)9(16)14-8-3-19-4-11(8,2)10(17)18/h5-8H,3-4H2,1-2H3,(H,14,16)(H,17,18). The molecule has 0 aromatic carbocycles. The summed E-state index contributed by atoms with van der Waals surface area (Å²) in [4.78, 5) is 27.1. The van der Waals surface area contributed by atoms with Gasteiger partial charge in [-0.1, -0.05) is 0 Å². The van der Waals surface area contributed by atoms with E-state index in [1.165, 1.54) is 17.3 Å². The molecule has 0 radical (unpaired) electrons. The monoisotopic (exact) mass is 268 g/mol. The predicted octanol–water partition coefficient (Wildman–Crippen LogP) is -0.555. The quantitative estimate of drug-likeness (QED) is 0.758. The summed E-state index contributed by atoms with van der Waals surface area (Å²) >= 11 is 0. The first-order chi connectivity index (χ1) is 8.95. The molecule has 19 heavy (non-hydrogen) atoms. The molecule has 0 aliphatic carbocycles. The van der Waals surface area contributed by atoms with Gasteiger partial charge in [0.05, 0.1) is 19.3 Å². The number of carboxylic acids is 1. The fourth-order valence-electron chi connectivity index (χ4n) is 1.91. The van der Waals surface area contributed by atoms with Crippen LogP contribution < -0.4 is 5.32 Å². The Balaban J connectivity index is 2.05. The van der Waals surface area contributed by atoms with Gasteiger partial charge >= 0.3 is 5.97 Å². The third kappa shape index (κ3) is 2.43. The number of nitrogens with one attached hydrogen (secondary N) is 1. The second-order valence-electron chi connectivity index (χ2n) is 4.85. The number of carboxylic acid groups (broad SMARTS) is 1. The number of hydrogen-bond donors (Lipinski definition) is 2. The molecule has 2 heterocycles. The zero-order valence-electron chi connectivity index (χ0n) is 10.7. The number of amides is 1. The van der Waals surface area contributed by atoms with Crippen LogP contribution in [0.5, 0.6) is 0 Å². The minimum atomic E-state index is -1.10. The van der Waals surface area contributed by atoms with Crippen LogP contribution in [-0.2, 0) is 14.3 Å². The molecule has 8 heteroatoms. The minimum Gasteiger partial charge on any atom is -0.481 e. The van der Waals surface area contributed by atoms with Crippen molar-refractivity contribution in [2.24, 2.45) is 5.41 Å². The summed E-state index contributed by atoms with van der Waals surface area (Å²) in [6, 6.07) is -1.11. The number of carbonyl (C=O) groups is 2. The molecule has 1 fully saturated rings. The van der Waals surface area contributed by atoms with E-state index < -0.39 is 23.5 Å². The van der Waals surface area contributed by atoms with E-state index in [4.69, 9.17) is 4.74 Å². The zero-order valence-corrected chi connectivity index (χ0v) is 10.7. The SMILES string of the molecule is CC(C(=O)NC1COCC1(C)C(=O)O)n1cncn1. The zero-order chi connectivity index (χ0) is 14.0. The van der Waals surface area contributed by atoms with Crippen molar-refractivity contribution in [3.05, 3.63) is 12.7 Å². The van der Waals surface area contributed by atoms with Gasteiger partial charge in [-0.25, -0.2) is 9.67 Å². The first kappa shape index (κ1) is 13.5. The molecule has 3 unspecified atom stereocenters. The van der Waals surface area contributed by atoms with Gasteiger partial charge in [-0.2, -0.15) is 5.10 Å². The van der Waals surface area contributed by atoms with E-state index in [9.17, 15) is 14.7 Å². The van der Waals surface area contributed by atoms with Crippen LogP contribution in [-0.4, -0.2) is 51.0 Å². The highest BCUT2D eigenvalue weighted by molar-refractivity contribution is 5.82. The highest BCUT2D eigenvalue weighted by Gasteiger charge is 2.47. The summed E-state index contributed by atoms with van der Waals surface area (Å²) < 4.78 is 6.58. The Morgan fingerprint density at radius 1 is 1.63 bits per heavy atom. The lowest BCUT2D eigenvalue weighted by Crippen LogP contribution is -2.51. The molecule has 1 aliphatic rings. The van der Waals surface area contributed by atoms with Gasteiger partial charge in [0.25, 0.3) is 0 Å². The smallest absolute Gasteiger partial charge is 0.313 e. The van der Waals surface area contributed by atoms with E-state index in [0.29, 0.717) is 0 Å². The summed E-state index contributed by atoms with van der Waals surface area (Å²) in [6.45, 7) is 3.51. The molecule has 0 bridgehead atoms. The molecule has 2 N–H and O–H groups in total. The first-order valence-corrected chi connectivity index (χ1v) is 5.91. The maximum Gasteiger partial charge on any atom is 0.313 e. The van der Waals surface area contributed by atoms with E-state index >= 15 is 0 Å². The largest absolute Gasteiger partial charge is 0.481 e. The van der Waals surface area contributed by atoms with Gasteiger partial charge in [0, 0.05) is 0 Å². The molecule has 104 valence electrons. The minimum absolute atomic E-state index is 0.0883. The Morgan fingerprint density at radius 2 is 2.37 bits per heavy atom. The molecule has 1 aromatic rings. The lowest BCUT2D eigenvalue weighted by molar-refractivity contribution is -0.149. The third-order valence-corrected chi connectivity index (χ3v) is 3.47. The van der Waals surface area contributed by atoms with Crippen LogP contribution in [0.15, 0.2) is 12.7 Å². The molecule has 1 aromatic heterocycles. The second kappa shape index (κ2) is 4.96. The topological polar surface area (TPSA) is 106 Å². The van der Waals surface area contributed by atoms with E-state index in [0.717, 1.165) is 0 Å². The summed E-state index contributed by atoms with van der Waals surface area (Å²) in [5.41, 5.74) is -1.10. The van der Waals surface area contributed by atoms with Crippen molar-refractivity contribution in [3.8, 4) is 0 Å². The number of carbonyl (C=O) groups excluding carboxylic acids is 1. The Kier molecular flexibility index (Phi) is 3.52. The maximum atomic E-state index is 12.1. The number of rotatable bonds is 4. The molecule has 2 rings (SSSR count). The molecular formula is C11H16N4O4. The molecule has 8 nitrogen and oxygen atoms in total. The molecule has 1 amide bonds. The molecule has 3 atom stereocenters. The van der Waals surface area contributed by atoms with Gasteiger partial charge in [0.15, 0.2) is 0 Å². The van der Waals surface area contributed by atoms with Crippen molar-refractivity contribution in [2.45, 2.75) is 25.9 Å². The van der Waals surface area contributed by atoms with Crippen LogP contribution in [0.3, 0.4) is 0 Å².